The van der Waals surface area contributed by atoms with Crippen LogP contribution in [0.2, 0.25) is 10.0 Å². The monoisotopic (exact) mass is 582 g/mol. The predicted octanol–water partition coefficient (Wildman–Crippen LogP) is 6.64. The molecular weight excluding hydrogens is 547 g/mol. The molecule has 1 atom stereocenters. The van der Waals surface area contributed by atoms with Gasteiger partial charge in [0.15, 0.2) is 11.5 Å². The average Bonchev–Trinajstić information content (AvgIpc) is 3.48. The number of ether oxygens (including phenoxy) is 2. The Kier molecular flexibility index (Phi) is 10.7. The first-order valence-electron chi connectivity index (χ1n) is 13.7. The fraction of sp³-hybridized carbons (Fsp3) is 0.375. The third-order valence-electron chi connectivity index (χ3n) is 7.40. The van der Waals surface area contributed by atoms with Crippen LogP contribution in [-0.2, 0) is 29.0 Å². The minimum Gasteiger partial charge on any atom is -0.493 e. The maximum atomic E-state index is 14.0. The smallest absolute Gasteiger partial charge is 0.243 e. The number of hydrogen-bond acceptors (Lipinski definition) is 4. The van der Waals surface area contributed by atoms with Crippen molar-refractivity contribution in [3.05, 3.63) is 93.5 Å². The molecule has 0 aromatic heterocycles. The van der Waals surface area contributed by atoms with E-state index >= 15 is 0 Å². The number of carbonyl (C=O) groups is 2. The molecular formula is C32H36Cl2N2O4. The maximum Gasteiger partial charge on any atom is 0.243 e. The Morgan fingerprint density at radius 3 is 2.33 bits per heavy atom. The molecule has 8 heteroatoms. The van der Waals surface area contributed by atoms with Crippen LogP contribution in [0.15, 0.2) is 66.7 Å². The van der Waals surface area contributed by atoms with E-state index in [0.29, 0.717) is 34.4 Å². The zero-order valence-electron chi connectivity index (χ0n) is 23.0. The van der Waals surface area contributed by atoms with Crippen LogP contribution in [0.1, 0.15) is 48.8 Å². The largest absolute Gasteiger partial charge is 0.493 e. The van der Waals surface area contributed by atoms with E-state index in [0.717, 1.165) is 42.4 Å². The summed E-state index contributed by atoms with van der Waals surface area (Å²) in [6.07, 6.45) is 5.20. The SMILES string of the molecule is COc1ccc(CCC(=O)N(Cc2ccc(Cl)cc2Cl)[C@@H](Cc2ccccc2)C(=O)NC2CCCC2)cc1OC. The van der Waals surface area contributed by atoms with Gasteiger partial charge in [-0.05, 0) is 60.2 Å². The molecule has 0 spiro atoms. The molecule has 0 radical (unpaired) electrons. The summed E-state index contributed by atoms with van der Waals surface area (Å²) in [5.74, 6) is 0.960. The number of amides is 2. The van der Waals surface area contributed by atoms with Gasteiger partial charge in [0.25, 0.3) is 0 Å². The quantitative estimate of drug-likeness (QED) is 0.260. The second-order valence-corrected chi connectivity index (χ2v) is 11.0. The van der Waals surface area contributed by atoms with Crippen molar-refractivity contribution >= 4 is 35.0 Å². The van der Waals surface area contributed by atoms with E-state index in [2.05, 4.69) is 5.32 Å². The molecule has 0 saturated heterocycles. The highest BCUT2D eigenvalue weighted by Gasteiger charge is 2.32. The molecule has 4 rings (SSSR count). The Hall–Kier alpha value is -3.22. The van der Waals surface area contributed by atoms with E-state index in [-0.39, 0.29) is 30.8 Å². The van der Waals surface area contributed by atoms with Gasteiger partial charge in [0.1, 0.15) is 6.04 Å². The Morgan fingerprint density at radius 1 is 0.925 bits per heavy atom. The van der Waals surface area contributed by atoms with Crippen LogP contribution < -0.4 is 14.8 Å². The molecule has 1 saturated carbocycles. The molecule has 0 aliphatic heterocycles. The van der Waals surface area contributed by atoms with Gasteiger partial charge in [0, 0.05) is 35.5 Å². The van der Waals surface area contributed by atoms with Crippen molar-refractivity contribution in [2.45, 2.75) is 63.6 Å². The van der Waals surface area contributed by atoms with Crippen LogP contribution in [0.25, 0.3) is 0 Å². The lowest BCUT2D eigenvalue weighted by Gasteiger charge is -2.32. The van der Waals surface area contributed by atoms with E-state index in [9.17, 15) is 9.59 Å². The normalized spacial score (nSPS) is 14.0. The lowest BCUT2D eigenvalue weighted by Crippen LogP contribution is -2.52. The van der Waals surface area contributed by atoms with Crippen molar-refractivity contribution in [3.8, 4) is 11.5 Å². The van der Waals surface area contributed by atoms with Crippen molar-refractivity contribution in [1.29, 1.82) is 0 Å². The highest BCUT2D eigenvalue weighted by atomic mass is 35.5. The number of methoxy groups -OCH3 is 2. The van der Waals surface area contributed by atoms with Gasteiger partial charge >= 0.3 is 0 Å². The number of aryl methyl sites for hydroxylation is 1. The average molecular weight is 584 g/mol. The van der Waals surface area contributed by atoms with Crippen LogP contribution in [0.4, 0.5) is 0 Å². The molecule has 2 amide bonds. The van der Waals surface area contributed by atoms with Crippen molar-refractivity contribution in [2.24, 2.45) is 0 Å². The van der Waals surface area contributed by atoms with E-state index < -0.39 is 6.04 Å². The number of nitrogens with zero attached hydrogens (tertiary/aromatic N) is 1. The van der Waals surface area contributed by atoms with Crippen molar-refractivity contribution in [2.75, 3.05) is 14.2 Å². The van der Waals surface area contributed by atoms with Crippen LogP contribution in [0.3, 0.4) is 0 Å². The lowest BCUT2D eigenvalue weighted by molar-refractivity contribution is -0.141. The molecule has 6 nitrogen and oxygen atoms in total. The van der Waals surface area contributed by atoms with Crippen molar-refractivity contribution in [1.82, 2.24) is 10.2 Å². The topological polar surface area (TPSA) is 67.9 Å². The Balaban J connectivity index is 1.63. The summed E-state index contributed by atoms with van der Waals surface area (Å²) in [7, 11) is 3.17. The first-order valence-corrected chi connectivity index (χ1v) is 14.4. The fourth-order valence-electron chi connectivity index (χ4n) is 5.19. The van der Waals surface area contributed by atoms with Crippen molar-refractivity contribution < 1.29 is 19.1 Å². The number of benzene rings is 3. The van der Waals surface area contributed by atoms with Crippen LogP contribution in [-0.4, -0.2) is 43.0 Å². The molecule has 40 heavy (non-hydrogen) atoms. The number of rotatable bonds is 12. The molecule has 3 aromatic rings. The third kappa shape index (κ3) is 7.92. The summed E-state index contributed by atoms with van der Waals surface area (Å²) >= 11 is 12.7. The van der Waals surface area contributed by atoms with Gasteiger partial charge in [-0.2, -0.15) is 0 Å². The molecule has 212 valence electrons. The second-order valence-electron chi connectivity index (χ2n) is 10.1. The van der Waals surface area contributed by atoms with Crippen LogP contribution in [0, 0.1) is 0 Å². The fourth-order valence-corrected chi connectivity index (χ4v) is 5.65. The van der Waals surface area contributed by atoms with E-state index in [1.807, 2.05) is 54.6 Å². The molecule has 1 fully saturated rings. The minimum absolute atomic E-state index is 0.133. The lowest BCUT2D eigenvalue weighted by atomic mass is 10.0. The third-order valence-corrected chi connectivity index (χ3v) is 7.99. The predicted molar refractivity (Wildman–Crippen MR) is 159 cm³/mol. The molecule has 1 N–H and O–H groups in total. The molecule has 1 aliphatic carbocycles. The van der Waals surface area contributed by atoms with Gasteiger partial charge in [-0.15, -0.1) is 0 Å². The highest BCUT2D eigenvalue weighted by Crippen LogP contribution is 2.29. The van der Waals surface area contributed by atoms with Gasteiger partial charge in [-0.25, -0.2) is 0 Å². The van der Waals surface area contributed by atoms with Crippen LogP contribution in [0.5, 0.6) is 11.5 Å². The summed E-state index contributed by atoms with van der Waals surface area (Å²) in [4.78, 5) is 29.5. The maximum absolute atomic E-state index is 14.0. The van der Waals surface area contributed by atoms with E-state index in [1.54, 1.807) is 31.3 Å². The molecule has 0 heterocycles. The van der Waals surface area contributed by atoms with Crippen molar-refractivity contribution in [3.63, 3.8) is 0 Å². The van der Waals surface area contributed by atoms with E-state index in [4.69, 9.17) is 32.7 Å². The molecule has 0 bridgehead atoms. The summed E-state index contributed by atoms with van der Waals surface area (Å²) in [6.45, 7) is 0.191. The number of nitrogens with one attached hydrogen (secondary N) is 1. The summed E-state index contributed by atoms with van der Waals surface area (Å²) in [6, 6.07) is 20.1. The number of carbonyl (C=O) groups excluding carboxylic acids is 2. The molecule has 1 aliphatic rings. The summed E-state index contributed by atoms with van der Waals surface area (Å²) in [5, 5.41) is 4.20. The van der Waals surface area contributed by atoms with Gasteiger partial charge < -0.3 is 19.7 Å². The van der Waals surface area contributed by atoms with Gasteiger partial charge in [0.05, 0.1) is 14.2 Å². The minimum atomic E-state index is -0.701. The van der Waals surface area contributed by atoms with Crippen LogP contribution >= 0.6 is 23.2 Å². The van der Waals surface area contributed by atoms with Gasteiger partial charge in [-0.3, -0.25) is 9.59 Å². The first-order chi connectivity index (χ1) is 19.4. The zero-order chi connectivity index (χ0) is 28.5. The zero-order valence-corrected chi connectivity index (χ0v) is 24.5. The number of halogens is 2. The standard InChI is InChI=1S/C32H36Cl2N2O4/c1-39-29-16-12-23(19-30(29)40-2)13-17-31(37)36(21-24-14-15-25(33)20-27(24)34)28(18-22-8-4-3-5-9-22)32(38)35-26-10-6-7-11-26/h3-5,8-9,12,14-16,19-20,26,28H,6-7,10-11,13,17-18,21H2,1-2H3,(H,35,38)/t28-/m0/s1. The Bertz CT molecular complexity index is 1300. The Labute approximate surface area is 246 Å². The highest BCUT2D eigenvalue weighted by molar-refractivity contribution is 6.35. The van der Waals surface area contributed by atoms with Gasteiger partial charge in [0.2, 0.25) is 11.8 Å². The van der Waals surface area contributed by atoms with Gasteiger partial charge in [-0.1, -0.05) is 78.5 Å². The van der Waals surface area contributed by atoms with E-state index in [1.165, 1.54) is 0 Å². The summed E-state index contributed by atoms with van der Waals surface area (Å²) in [5.41, 5.74) is 2.65. The molecule has 0 unspecified atom stereocenters. The summed E-state index contributed by atoms with van der Waals surface area (Å²) < 4.78 is 10.8. The Morgan fingerprint density at radius 2 is 1.65 bits per heavy atom. The second kappa shape index (κ2) is 14.4. The first kappa shape index (κ1) is 29.8. The molecule has 3 aromatic carbocycles. The number of hydrogen-bond donors (Lipinski definition) is 1.